The second-order valence-electron chi connectivity index (χ2n) is 5.92. The molecule has 0 fully saturated rings. The van der Waals surface area contributed by atoms with Gasteiger partial charge in [-0.1, -0.05) is 47.5 Å². The van der Waals surface area contributed by atoms with Crippen molar-refractivity contribution in [2.45, 2.75) is 6.92 Å². The van der Waals surface area contributed by atoms with Crippen LogP contribution in [0.4, 0.5) is 5.69 Å². The van der Waals surface area contributed by atoms with Crippen molar-refractivity contribution in [1.82, 2.24) is 4.98 Å². The lowest BCUT2D eigenvalue weighted by Crippen LogP contribution is -1.83. The molecule has 4 aromatic rings. The van der Waals surface area contributed by atoms with Crippen molar-refractivity contribution in [2.75, 3.05) is 0 Å². The van der Waals surface area contributed by atoms with Crippen molar-refractivity contribution in [3.05, 3.63) is 81.8 Å². The van der Waals surface area contributed by atoms with Gasteiger partial charge >= 0.3 is 0 Å². The topological polar surface area (TPSA) is 38.4 Å². The lowest BCUT2D eigenvalue weighted by atomic mass is 10.2. The highest BCUT2D eigenvalue weighted by Gasteiger charge is 2.10. The van der Waals surface area contributed by atoms with Crippen LogP contribution in [0, 0.1) is 6.92 Å². The number of benzene rings is 3. The number of para-hydroxylation sites is 1. The van der Waals surface area contributed by atoms with Crippen molar-refractivity contribution in [3.8, 4) is 11.5 Å². The van der Waals surface area contributed by atoms with Crippen molar-refractivity contribution >= 4 is 46.2 Å². The average molecular weight is 381 g/mol. The molecule has 5 heteroatoms. The molecule has 0 aliphatic heterocycles. The summed E-state index contributed by atoms with van der Waals surface area (Å²) in [6, 6.07) is 18.9. The first-order valence-corrected chi connectivity index (χ1v) is 8.81. The Bertz CT molecular complexity index is 1130. The highest BCUT2D eigenvalue weighted by atomic mass is 35.5. The SMILES string of the molecule is Cc1cccc2oc(-c3cccc(N=Cc4ccc(Cl)cc4Cl)c3)nc12. The molecule has 128 valence electrons. The first-order valence-electron chi connectivity index (χ1n) is 8.06. The Morgan fingerprint density at radius 2 is 1.85 bits per heavy atom. The monoisotopic (exact) mass is 380 g/mol. The van der Waals surface area contributed by atoms with E-state index in [-0.39, 0.29) is 0 Å². The third-order valence-corrected chi connectivity index (χ3v) is 4.59. The number of aromatic nitrogens is 1. The van der Waals surface area contributed by atoms with Crippen LogP contribution in [-0.4, -0.2) is 11.2 Å². The summed E-state index contributed by atoms with van der Waals surface area (Å²) in [6.07, 6.45) is 1.72. The predicted octanol–water partition coefficient (Wildman–Crippen LogP) is 6.86. The molecule has 0 N–H and O–H groups in total. The smallest absolute Gasteiger partial charge is 0.227 e. The van der Waals surface area contributed by atoms with Crippen LogP contribution < -0.4 is 0 Å². The van der Waals surface area contributed by atoms with Gasteiger partial charge in [-0.05, 0) is 48.9 Å². The molecule has 0 radical (unpaired) electrons. The highest BCUT2D eigenvalue weighted by Crippen LogP contribution is 2.28. The van der Waals surface area contributed by atoms with E-state index in [4.69, 9.17) is 27.6 Å². The number of rotatable bonds is 3. The molecule has 0 unspecified atom stereocenters. The summed E-state index contributed by atoms with van der Waals surface area (Å²) in [5.41, 5.74) is 5.21. The van der Waals surface area contributed by atoms with Gasteiger partial charge in [0.1, 0.15) is 5.52 Å². The van der Waals surface area contributed by atoms with Gasteiger partial charge in [0.25, 0.3) is 0 Å². The summed E-state index contributed by atoms with van der Waals surface area (Å²) in [5.74, 6) is 0.580. The first kappa shape index (κ1) is 16.8. The number of hydrogen-bond acceptors (Lipinski definition) is 3. The summed E-state index contributed by atoms with van der Waals surface area (Å²) < 4.78 is 5.89. The summed E-state index contributed by atoms with van der Waals surface area (Å²) in [6.45, 7) is 2.02. The van der Waals surface area contributed by atoms with Crippen LogP contribution in [0.25, 0.3) is 22.6 Å². The van der Waals surface area contributed by atoms with E-state index in [1.54, 1.807) is 18.3 Å². The highest BCUT2D eigenvalue weighted by molar-refractivity contribution is 6.36. The van der Waals surface area contributed by atoms with Gasteiger partial charge in [0.15, 0.2) is 5.58 Å². The fourth-order valence-corrected chi connectivity index (χ4v) is 3.14. The molecule has 1 heterocycles. The lowest BCUT2D eigenvalue weighted by molar-refractivity contribution is 0.620. The van der Waals surface area contributed by atoms with Gasteiger partial charge in [0.05, 0.1) is 10.7 Å². The van der Waals surface area contributed by atoms with Gasteiger partial charge in [0.2, 0.25) is 5.89 Å². The van der Waals surface area contributed by atoms with Gasteiger partial charge in [-0.3, -0.25) is 4.99 Å². The van der Waals surface area contributed by atoms with E-state index in [2.05, 4.69) is 9.98 Å². The third-order valence-electron chi connectivity index (χ3n) is 4.03. The van der Waals surface area contributed by atoms with E-state index in [1.165, 1.54) is 0 Å². The van der Waals surface area contributed by atoms with Crippen LogP contribution >= 0.6 is 23.2 Å². The normalized spacial score (nSPS) is 11.5. The maximum Gasteiger partial charge on any atom is 0.227 e. The Balaban J connectivity index is 1.67. The molecule has 0 aliphatic carbocycles. The number of nitrogens with zero attached hydrogens (tertiary/aromatic N) is 2. The van der Waals surface area contributed by atoms with Crippen LogP contribution in [0.3, 0.4) is 0 Å². The first-order chi connectivity index (χ1) is 12.6. The third kappa shape index (κ3) is 3.36. The van der Waals surface area contributed by atoms with Crippen LogP contribution in [0.5, 0.6) is 0 Å². The van der Waals surface area contributed by atoms with E-state index in [9.17, 15) is 0 Å². The van der Waals surface area contributed by atoms with Crippen molar-refractivity contribution in [1.29, 1.82) is 0 Å². The molecule has 0 saturated carbocycles. The molecule has 1 aromatic heterocycles. The van der Waals surface area contributed by atoms with E-state index < -0.39 is 0 Å². The molecule has 0 amide bonds. The summed E-state index contributed by atoms with van der Waals surface area (Å²) in [7, 11) is 0. The molecule has 3 aromatic carbocycles. The predicted molar refractivity (Wildman–Crippen MR) is 108 cm³/mol. The van der Waals surface area contributed by atoms with E-state index in [0.717, 1.165) is 33.5 Å². The van der Waals surface area contributed by atoms with Crippen molar-refractivity contribution in [2.24, 2.45) is 4.99 Å². The van der Waals surface area contributed by atoms with Crippen LogP contribution in [0.1, 0.15) is 11.1 Å². The molecular weight excluding hydrogens is 367 g/mol. The Morgan fingerprint density at radius 3 is 2.65 bits per heavy atom. The number of oxazole rings is 1. The zero-order chi connectivity index (χ0) is 18.1. The maximum atomic E-state index is 6.18. The molecule has 0 saturated heterocycles. The zero-order valence-electron chi connectivity index (χ0n) is 13.9. The number of fused-ring (bicyclic) bond motifs is 1. The molecule has 0 aliphatic rings. The lowest BCUT2D eigenvalue weighted by Gasteiger charge is -2.00. The van der Waals surface area contributed by atoms with Crippen LogP contribution in [0.15, 0.2) is 70.1 Å². The van der Waals surface area contributed by atoms with Gasteiger partial charge in [-0.2, -0.15) is 0 Å². The second-order valence-corrected chi connectivity index (χ2v) is 6.76. The second kappa shape index (κ2) is 6.94. The number of aliphatic imine (C=N–C) groups is 1. The molecule has 0 bridgehead atoms. The quantitative estimate of drug-likeness (QED) is 0.364. The summed E-state index contributed by atoms with van der Waals surface area (Å²) in [5, 5.41) is 1.16. The van der Waals surface area contributed by atoms with E-state index in [0.29, 0.717) is 15.9 Å². The molecule has 4 rings (SSSR count). The minimum Gasteiger partial charge on any atom is -0.436 e. The molecule has 26 heavy (non-hydrogen) atoms. The molecular formula is C21H14Cl2N2O. The van der Waals surface area contributed by atoms with E-state index in [1.807, 2.05) is 55.5 Å². The Kier molecular flexibility index (Phi) is 4.49. The zero-order valence-corrected chi connectivity index (χ0v) is 15.4. The van der Waals surface area contributed by atoms with Gasteiger partial charge in [-0.15, -0.1) is 0 Å². The standard InChI is InChI=1S/C21H14Cl2N2O/c1-13-4-2-7-19-20(13)25-21(26-19)14-5-3-6-17(10-14)24-12-15-8-9-16(22)11-18(15)23/h2-12H,1H3. The summed E-state index contributed by atoms with van der Waals surface area (Å²) >= 11 is 12.1. The molecule has 3 nitrogen and oxygen atoms in total. The minimum atomic E-state index is 0.562. The maximum absolute atomic E-state index is 6.18. The fourth-order valence-electron chi connectivity index (χ4n) is 2.68. The number of halogens is 2. The van der Waals surface area contributed by atoms with Gasteiger partial charge < -0.3 is 4.42 Å². The Morgan fingerprint density at radius 1 is 1.00 bits per heavy atom. The Labute approximate surface area is 160 Å². The number of aryl methyl sites for hydroxylation is 1. The number of hydrogen-bond donors (Lipinski definition) is 0. The summed E-state index contributed by atoms with van der Waals surface area (Å²) in [4.78, 5) is 9.11. The largest absolute Gasteiger partial charge is 0.436 e. The molecule has 0 spiro atoms. The van der Waals surface area contributed by atoms with Crippen molar-refractivity contribution < 1.29 is 4.42 Å². The fraction of sp³-hybridized carbons (Fsp3) is 0.0476. The Hall–Kier alpha value is -2.62. The van der Waals surface area contributed by atoms with Crippen molar-refractivity contribution in [3.63, 3.8) is 0 Å². The van der Waals surface area contributed by atoms with E-state index >= 15 is 0 Å². The minimum absolute atomic E-state index is 0.562. The van der Waals surface area contributed by atoms with Gasteiger partial charge in [-0.25, -0.2) is 4.98 Å². The van der Waals surface area contributed by atoms with Crippen LogP contribution in [0.2, 0.25) is 10.0 Å². The average Bonchev–Trinajstić information content (AvgIpc) is 3.07. The molecule has 0 atom stereocenters. The van der Waals surface area contributed by atoms with Crippen LogP contribution in [-0.2, 0) is 0 Å². The van der Waals surface area contributed by atoms with Gasteiger partial charge in [0, 0.05) is 22.4 Å².